The molecule has 0 aliphatic carbocycles. The van der Waals surface area contributed by atoms with Crippen molar-refractivity contribution < 1.29 is 14.0 Å². The molecule has 0 aromatic heterocycles. The Bertz CT molecular complexity index is 778. The Balaban J connectivity index is 1.79. The smallest absolute Gasteiger partial charge is 0.220 e. The fraction of sp³-hybridized carbons (Fsp3) is 0.333. The van der Waals surface area contributed by atoms with E-state index in [0.29, 0.717) is 23.6 Å². The highest BCUT2D eigenvalue weighted by molar-refractivity contribution is 6.30. The van der Waals surface area contributed by atoms with Gasteiger partial charge in [0.2, 0.25) is 5.91 Å². The summed E-state index contributed by atoms with van der Waals surface area (Å²) >= 11 is 6.06. The summed E-state index contributed by atoms with van der Waals surface area (Å²) in [6, 6.07) is 13.0. The van der Waals surface area contributed by atoms with E-state index >= 15 is 0 Å². The van der Waals surface area contributed by atoms with Crippen LogP contribution in [0, 0.1) is 5.82 Å². The largest absolute Gasteiger partial charge is 0.354 e. The fourth-order valence-corrected chi connectivity index (χ4v) is 3.00. The zero-order valence-corrected chi connectivity index (χ0v) is 16.3. The van der Waals surface area contributed by atoms with E-state index in [1.54, 1.807) is 0 Å². The van der Waals surface area contributed by atoms with Crippen LogP contribution in [-0.4, -0.2) is 37.2 Å². The zero-order valence-electron chi connectivity index (χ0n) is 15.5. The molecule has 0 fully saturated rings. The van der Waals surface area contributed by atoms with Crippen LogP contribution >= 0.6 is 11.6 Å². The lowest BCUT2D eigenvalue weighted by Crippen LogP contribution is -2.34. The van der Waals surface area contributed by atoms with Crippen LogP contribution < -0.4 is 5.32 Å². The van der Waals surface area contributed by atoms with Crippen molar-refractivity contribution in [2.24, 2.45) is 0 Å². The summed E-state index contributed by atoms with van der Waals surface area (Å²) in [5.41, 5.74) is 1.49. The van der Waals surface area contributed by atoms with Crippen LogP contribution in [0.4, 0.5) is 4.39 Å². The quantitative estimate of drug-likeness (QED) is 0.651. The molecule has 1 amide bonds. The summed E-state index contributed by atoms with van der Waals surface area (Å²) in [7, 11) is 3.89. The van der Waals surface area contributed by atoms with E-state index < -0.39 is 0 Å². The second-order valence-electron chi connectivity index (χ2n) is 6.62. The first-order valence-corrected chi connectivity index (χ1v) is 9.22. The van der Waals surface area contributed by atoms with Crippen molar-refractivity contribution >= 4 is 23.3 Å². The lowest BCUT2D eigenvalue weighted by molar-refractivity contribution is -0.121. The third-order valence-corrected chi connectivity index (χ3v) is 4.56. The Morgan fingerprint density at radius 2 is 1.81 bits per heavy atom. The molecule has 2 aromatic rings. The highest BCUT2D eigenvalue weighted by Gasteiger charge is 2.16. The number of carbonyl (C=O) groups excluding carboxylic acids is 2. The Morgan fingerprint density at radius 1 is 1.11 bits per heavy atom. The molecule has 6 heteroatoms. The second-order valence-corrected chi connectivity index (χ2v) is 7.06. The average molecular weight is 391 g/mol. The van der Waals surface area contributed by atoms with Crippen LogP contribution in [0.2, 0.25) is 5.02 Å². The molecule has 1 unspecified atom stereocenters. The first-order valence-electron chi connectivity index (χ1n) is 8.84. The van der Waals surface area contributed by atoms with Crippen LogP contribution in [0.15, 0.2) is 48.5 Å². The van der Waals surface area contributed by atoms with Crippen molar-refractivity contribution in [1.82, 2.24) is 10.2 Å². The van der Waals surface area contributed by atoms with E-state index in [1.807, 2.05) is 43.3 Å². The van der Waals surface area contributed by atoms with Gasteiger partial charge in [0.05, 0.1) is 6.04 Å². The normalized spacial score (nSPS) is 12.0. The van der Waals surface area contributed by atoms with Crippen molar-refractivity contribution in [1.29, 1.82) is 0 Å². The molecule has 1 N–H and O–H groups in total. The molecule has 0 bridgehead atoms. The third-order valence-electron chi connectivity index (χ3n) is 4.32. The topological polar surface area (TPSA) is 49.4 Å². The monoisotopic (exact) mass is 390 g/mol. The number of likely N-dealkylation sites (N-methyl/N-ethyl adjacent to an activating group) is 1. The zero-order chi connectivity index (χ0) is 19.8. The van der Waals surface area contributed by atoms with Gasteiger partial charge in [-0.3, -0.25) is 9.59 Å². The molecule has 27 heavy (non-hydrogen) atoms. The Hall–Kier alpha value is -2.24. The molecular weight excluding hydrogens is 367 g/mol. The van der Waals surface area contributed by atoms with Gasteiger partial charge in [0.15, 0.2) is 5.78 Å². The SMILES string of the molecule is CN(C)C(CNC(=O)CCCC(=O)c1ccc(F)cc1)c1cccc(Cl)c1. The van der Waals surface area contributed by atoms with Crippen LogP contribution in [0.25, 0.3) is 0 Å². The number of hydrogen-bond acceptors (Lipinski definition) is 3. The van der Waals surface area contributed by atoms with Crippen LogP contribution in [0.1, 0.15) is 41.2 Å². The number of nitrogens with one attached hydrogen (secondary N) is 1. The third kappa shape index (κ3) is 6.77. The molecule has 0 saturated heterocycles. The van der Waals surface area contributed by atoms with Crippen LogP contribution in [-0.2, 0) is 4.79 Å². The molecular formula is C21H24ClFN2O2. The van der Waals surface area contributed by atoms with E-state index in [-0.39, 0.29) is 36.4 Å². The predicted octanol–water partition coefficient (Wildman–Crippen LogP) is 4.25. The van der Waals surface area contributed by atoms with E-state index in [9.17, 15) is 14.0 Å². The fourth-order valence-electron chi connectivity index (χ4n) is 2.80. The number of carbonyl (C=O) groups is 2. The molecule has 2 rings (SSSR count). The summed E-state index contributed by atoms with van der Waals surface area (Å²) in [5.74, 6) is -0.565. The Kier molecular flexibility index (Phi) is 7.95. The molecule has 0 heterocycles. The summed E-state index contributed by atoms with van der Waals surface area (Å²) < 4.78 is 12.9. The highest BCUT2D eigenvalue weighted by atomic mass is 35.5. The standard InChI is InChI=1S/C21H24ClFN2O2/c1-25(2)19(16-5-3-6-17(22)13-16)14-24-21(27)8-4-7-20(26)15-9-11-18(23)12-10-15/h3,5-6,9-13,19H,4,7-8,14H2,1-2H3,(H,24,27). The summed E-state index contributed by atoms with van der Waals surface area (Å²) in [5, 5.41) is 3.58. The first-order chi connectivity index (χ1) is 12.9. The molecule has 2 aromatic carbocycles. The number of halogens is 2. The van der Waals surface area contributed by atoms with Crippen LogP contribution in [0.3, 0.4) is 0 Å². The minimum atomic E-state index is -0.374. The van der Waals surface area contributed by atoms with E-state index in [2.05, 4.69) is 5.32 Å². The van der Waals surface area contributed by atoms with Gasteiger partial charge in [0.1, 0.15) is 5.82 Å². The van der Waals surface area contributed by atoms with Crippen molar-refractivity contribution in [3.63, 3.8) is 0 Å². The van der Waals surface area contributed by atoms with Gasteiger partial charge in [-0.25, -0.2) is 4.39 Å². The molecule has 4 nitrogen and oxygen atoms in total. The maximum Gasteiger partial charge on any atom is 0.220 e. The van der Waals surface area contributed by atoms with Crippen molar-refractivity contribution in [3.8, 4) is 0 Å². The van der Waals surface area contributed by atoms with E-state index in [0.717, 1.165) is 5.56 Å². The van der Waals surface area contributed by atoms with Crippen molar-refractivity contribution in [2.75, 3.05) is 20.6 Å². The number of hydrogen-bond donors (Lipinski definition) is 1. The Morgan fingerprint density at radius 3 is 2.44 bits per heavy atom. The summed E-state index contributed by atoms with van der Waals surface area (Å²) in [6.45, 7) is 0.456. The predicted molar refractivity (Wildman–Crippen MR) is 105 cm³/mol. The molecule has 144 valence electrons. The van der Waals surface area contributed by atoms with Gasteiger partial charge in [-0.15, -0.1) is 0 Å². The van der Waals surface area contributed by atoms with Gasteiger partial charge in [-0.05, 0) is 62.5 Å². The van der Waals surface area contributed by atoms with Gasteiger partial charge in [0.25, 0.3) is 0 Å². The second kappa shape index (κ2) is 10.2. The lowest BCUT2D eigenvalue weighted by atomic mass is 10.0. The van der Waals surface area contributed by atoms with Gasteiger partial charge in [0, 0.05) is 30.0 Å². The molecule has 0 aliphatic rings. The summed E-state index contributed by atoms with van der Waals surface area (Å²) in [4.78, 5) is 26.2. The van der Waals surface area contributed by atoms with Crippen LogP contribution in [0.5, 0.6) is 0 Å². The minimum Gasteiger partial charge on any atom is -0.354 e. The molecule has 0 saturated carbocycles. The maximum atomic E-state index is 12.9. The van der Waals surface area contributed by atoms with Gasteiger partial charge in [-0.2, -0.15) is 0 Å². The average Bonchev–Trinajstić information content (AvgIpc) is 2.62. The summed E-state index contributed by atoms with van der Waals surface area (Å²) in [6.07, 6.45) is 0.971. The van der Waals surface area contributed by atoms with Crippen molar-refractivity contribution in [3.05, 3.63) is 70.5 Å². The Labute approximate surface area is 164 Å². The number of nitrogens with zero attached hydrogens (tertiary/aromatic N) is 1. The van der Waals surface area contributed by atoms with Gasteiger partial charge < -0.3 is 10.2 Å². The number of ketones is 1. The number of rotatable bonds is 9. The first kappa shape index (κ1) is 21.1. The van der Waals surface area contributed by atoms with E-state index in [1.165, 1.54) is 24.3 Å². The number of Topliss-reactive ketones (excluding diaryl/α,β-unsaturated/α-hetero) is 1. The van der Waals surface area contributed by atoms with Crippen molar-refractivity contribution in [2.45, 2.75) is 25.3 Å². The minimum absolute atomic E-state index is 0.00787. The van der Waals surface area contributed by atoms with Gasteiger partial charge in [-0.1, -0.05) is 23.7 Å². The molecule has 0 aliphatic heterocycles. The molecule has 1 atom stereocenters. The number of benzene rings is 2. The highest BCUT2D eigenvalue weighted by Crippen LogP contribution is 2.21. The molecule has 0 spiro atoms. The van der Waals surface area contributed by atoms with Gasteiger partial charge >= 0.3 is 0 Å². The lowest BCUT2D eigenvalue weighted by Gasteiger charge is -2.25. The maximum absolute atomic E-state index is 12.9. The number of amides is 1. The van der Waals surface area contributed by atoms with E-state index in [4.69, 9.17) is 11.6 Å². The molecule has 0 radical (unpaired) electrons.